The summed E-state index contributed by atoms with van der Waals surface area (Å²) in [6.45, 7) is 8.90. The molecule has 0 radical (unpaired) electrons. The maximum Gasteiger partial charge on any atom is 0.0813 e. The van der Waals surface area contributed by atoms with Gasteiger partial charge in [-0.1, -0.05) is 13.8 Å². The lowest BCUT2D eigenvalue weighted by Crippen LogP contribution is -2.38. The molecule has 3 nitrogen and oxygen atoms in total. The Bertz CT molecular complexity index is 406. The number of aliphatic hydroxyl groups is 1. The van der Waals surface area contributed by atoms with Gasteiger partial charge in [0.2, 0.25) is 0 Å². The van der Waals surface area contributed by atoms with Crippen molar-refractivity contribution in [2.75, 3.05) is 29.9 Å². The van der Waals surface area contributed by atoms with Crippen LogP contribution in [0.2, 0.25) is 0 Å². The van der Waals surface area contributed by atoms with Crippen molar-refractivity contribution in [3.8, 4) is 0 Å². The third-order valence-electron chi connectivity index (χ3n) is 4.48. The SMILES string of the molecule is CC(C)C(C)(O)CNc1ccc(N2CCCCC2)cc1. The molecule has 1 fully saturated rings. The van der Waals surface area contributed by atoms with Crippen LogP contribution in [0.15, 0.2) is 24.3 Å². The molecule has 2 N–H and O–H groups in total. The largest absolute Gasteiger partial charge is 0.388 e. The third kappa shape index (κ3) is 3.89. The molecule has 1 atom stereocenters. The fourth-order valence-corrected chi connectivity index (χ4v) is 2.43. The van der Waals surface area contributed by atoms with Crippen LogP contribution in [0.3, 0.4) is 0 Å². The number of benzene rings is 1. The molecule has 1 aliphatic heterocycles. The van der Waals surface area contributed by atoms with E-state index in [1.807, 2.05) is 20.8 Å². The molecule has 0 amide bonds. The molecule has 0 bridgehead atoms. The summed E-state index contributed by atoms with van der Waals surface area (Å²) in [5.74, 6) is 0.239. The van der Waals surface area contributed by atoms with Crippen LogP contribution in [0.25, 0.3) is 0 Å². The van der Waals surface area contributed by atoms with E-state index in [1.165, 1.54) is 38.0 Å². The van der Waals surface area contributed by atoms with Crippen molar-refractivity contribution in [1.82, 2.24) is 0 Å². The van der Waals surface area contributed by atoms with Crippen molar-refractivity contribution in [2.24, 2.45) is 5.92 Å². The van der Waals surface area contributed by atoms with E-state index in [0.717, 1.165) is 5.69 Å². The van der Waals surface area contributed by atoms with E-state index in [0.29, 0.717) is 6.54 Å². The van der Waals surface area contributed by atoms with Crippen molar-refractivity contribution in [2.45, 2.75) is 45.6 Å². The molecule has 0 saturated carbocycles. The highest BCUT2D eigenvalue weighted by molar-refractivity contribution is 5.55. The zero-order chi connectivity index (χ0) is 14.6. The summed E-state index contributed by atoms with van der Waals surface area (Å²) >= 11 is 0. The van der Waals surface area contributed by atoms with Crippen LogP contribution < -0.4 is 10.2 Å². The zero-order valence-electron chi connectivity index (χ0n) is 13.0. The summed E-state index contributed by atoms with van der Waals surface area (Å²) < 4.78 is 0. The van der Waals surface area contributed by atoms with Gasteiger partial charge in [-0.3, -0.25) is 0 Å². The molecule has 0 spiro atoms. The Balaban J connectivity index is 1.91. The van der Waals surface area contributed by atoms with Gasteiger partial charge in [0.05, 0.1) is 5.60 Å². The van der Waals surface area contributed by atoms with Crippen LogP contribution in [0.1, 0.15) is 40.0 Å². The minimum atomic E-state index is -0.675. The minimum Gasteiger partial charge on any atom is -0.388 e. The molecular weight excluding hydrogens is 248 g/mol. The van der Waals surface area contributed by atoms with Crippen molar-refractivity contribution < 1.29 is 5.11 Å². The first kappa shape index (κ1) is 15.2. The summed E-state index contributed by atoms with van der Waals surface area (Å²) in [6, 6.07) is 8.58. The maximum atomic E-state index is 10.2. The van der Waals surface area contributed by atoms with Crippen LogP contribution in [0.4, 0.5) is 11.4 Å². The molecule has 1 saturated heterocycles. The molecule has 1 aromatic rings. The summed E-state index contributed by atoms with van der Waals surface area (Å²) in [7, 11) is 0. The fraction of sp³-hybridized carbons (Fsp3) is 0.647. The van der Waals surface area contributed by atoms with E-state index in [-0.39, 0.29) is 5.92 Å². The van der Waals surface area contributed by atoms with Crippen LogP contribution in [0, 0.1) is 5.92 Å². The Morgan fingerprint density at radius 2 is 1.75 bits per heavy atom. The van der Waals surface area contributed by atoms with Crippen LogP contribution in [-0.4, -0.2) is 30.3 Å². The standard InChI is InChI=1S/C17H28N2O/c1-14(2)17(3,20)13-18-15-7-9-16(10-8-15)19-11-5-4-6-12-19/h7-10,14,18,20H,4-6,11-13H2,1-3H3. The minimum absolute atomic E-state index is 0.239. The van der Waals surface area contributed by atoms with E-state index in [9.17, 15) is 5.11 Å². The molecule has 20 heavy (non-hydrogen) atoms. The zero-order valence-corrected chi connectivity index (χ0v) is 13.0. The highest BCUT2D eigenvalue weighted by Gasteiger charge is 2.24. The van der Waals surface area contributed by atoms with Gasteiger partial charge >= 0.3 is 0 Å². The van der Waals surface area contributed by atoms with E-state index in [1.54, 1.807) is 0 Å². The molecule has 1 aromatic carbocycles. The Kier molecular flexibility index (Phi) is 4.92. The monoisotopic (exact) mass is 276 g/mol. The predicted molar refractivity (Wildman–Crippen MR) is 86.5 cm³/mol. The average Bonchev–Trinajstić information content (AvgIpc) is 2.46. The summed E-state index contributed by atoms with van der Waals surface area (Å²) in [5.41, 5.74) is 1.71. The smallest absolute Gasteiger partial charge is 0.0813 e. The number of nitrogens with zero attached hydrogens (tertiary/aromatic N) is 1. The molecule has 0 aromatic heterocycles. The lowest BCUT2D eigenvalue weighted by molar-refractivity contribution is 0.0266. The van der Waals surface area contributed by atoms with E-state index in [2.05, 4.69) is 34.5 Å². The fourth-order valence-electron chi connectivity index (χ4n) is 2.43. The number of hydrogen-bond donors (Lipinski definition) is 2. The first-order valence-corrected chi connectivity index (χ1v) is 7.80. The molecule has 1 aliphatic rings. The summed E-state index contributed by atoms with van der Waals surface area (Å²) in [6.07, 6.45) is 3.97. The quantitative estimate of drug-likeness (QED) is 0.864. The second-order valence-electron chi connectivity index (χ2n) is 6.46. The molecular formula is C17H28N2O. The molecule has 0 aliphatic carbocycles. The van der Waals surface area contributed by atoms with Crippen molar-refractivity contribution in [1.29, 1.82) is 0 Å². The molecule has 1 unspecified atom stereocenters. The lowest BCUT2D eigenvalue weighted by atomic mass is 9.92. The van der Waals surface area contributed by atoms with Crippen molar-refractivity contribution >= 4 is 11.4 Å². The van der Waals surface area contributed by atoms with E-state index in [4.69, 9.17) is 0 Å². The second kappa shape index (κ2) is 6.49. The third-order valence-corrected chi connectivity index (χ3v) is 4.48. The van der Waals surface area contributed by atoms with Gasteiger partial charge in [-0.2, -0.15) is 0 Å². The van der Waals surface area contributed by atoms with Gasteiger partial charge in [0, 0.05) is 31.0 Å². The van der Waals surface area contributed by atoms with E-state index >= 15 is 0 Å². The predicted octanol–water partition coefficient (Wildman–Crippen LogP) is 3.50. The number of nitrogens with one attached hydrogen (secondary N) is 1. The van der Waals surface area contributed by atoms with Gasteiger partial charge in [-0.25, -0.2) is 0 Å². The van der Waals surface area contributed by atoms with E-state index < -0.39 is 5.60 Å². The Labute approximate surface area is 123 Å². The summed E-state index contributed by atoms with van der Waals surface area (Å²) in [5, 5.41) is 13.6. The molecule has 3 heteroatoms. The number of piperidine rings is 1. The highest BCUT2D eigenvalue weighted by Crippen LogP contribution is 2.23. The Morgan fingerprint density at radius 3 is 2.30 bits per heavy atom. The topological polar surface area (TPSA) is 35.5 Å². The van der Waals surface area contributed by atoms with Gasteiger partial charge in [0.25, 0.3) is 0 Å². The average molecular weight is 276 g/mol. The molecule has 1 heterocycles. The van der Waals surface area contributed by atoms with Gasteiger partial charge < -0.3 is 15.3 Å². The van der Waals surface area contributed by atoms with Gasteiger partial charge in [0.15, 0.2) is 0 Å². The number of anilines is 2. The second-order valence-corrected chi connectivity index (χ2v) is 6.46. The van der Waals surface area contributed by atoms with Crippen molar-refractivity contribution in [3.05, 3.63) is 24.3 Å². The normalized spacial score (nSPS) is 18.9. The van der Waals surface area contributed by atoms with Gasteiger partial charge in [0.1, 0.15) is 0 Å². The Morgan fingerprint density at radius 1 is 1.15 bits per heavy atom. The number of rotatable bonds is 5. The highest BCUT2D eigenvalue weighted by atomic mass is 16.3. The first-order chi connectivity index (χ1) is 9.49. The first-order valence-electron chi connectivity index (χ1n) is 7.80. The summed E-state index contributed by atoms with van der Waals surface area (Å²) in [4.78, 5) is 2.46. The van der Waals surface area contributed by atoms with Crippen molar-refractivity contribution in [3.63, 3.8) is 0 Å². The van der Waals surface area contributed by atoms with Gasteiger partial charge in [-0.05, 0) is 56.4 Å². The van der Waals surface area contributed by atoms with Crippen LogP contribution in [0.5, 0.6) is 0 Å². The Hall–Kier alpha value is -1.22. The van der Waals surface area contributed by atoms with Crippen LogP contribution >= 0.6 is 0 Å². The molecule has 112 valence electrons. The number of hydrogen-bond acceptors (Lipinski definition) is 3. The molecule has 2 rings (SSSR count). The van der Waals surface area contributed by atoms with Crippen LogP contribution in [-0.2, 0) is 0 Å². The van der Waals surface area contributed by atoms with Gasteiger partial charge in [-0.15, -0.1) is 0 Å². The maximum absolute atomic E-state index is 10.2. The lowest BCUT2D eigenvalue weighted by Gasteiger charge is -2.30.